The third kappa shape index (κ3) is 6.32. The highest BCUT2D eigenvalue weighted by atomic mass is 16.5. The van der Waals surface area contributed by atoms with E-state index in [0.717, 1.165) is 51.0 Å². The molecule has 3 heteroatoms. The minimum atomic E-state index is 0.730. The Labute approximate surface area is 129 Å². The van der Waals surface area contributed by atoms with Crippen molar-refractivity contribution >= 4 is 0 Å². The molecule has 1 aliphatic carbocycles. The van der Waals surface area contributed by atoms with Crippen LogP contribution in [0.2, 0.25) is 0 Å². The van der Waals surface area contributed by atoms with Gasteiger partial charge in [-0.05, 0) is 43.5 Å². The summed E-state index contributed by atoms with van der Waals surface area (Å²) in [5.41, 5.74) is 1.33. The Balaban J connectivity index is 1.68. The van der Waals surface area contributed by atoms with Gasteiger partial charge in [0.1, 0.15) is 12.4 Å². The number of hydrogen-bond donors (Lipinski definition) is 1. The Bertz CT molecular complexity index is 412. The van der Waals surface area contributed by atoms with Crippen molar-refractivity contribution in [2.75, 3.05) is 26.2 Å². The molecular formula is C18H28N2O. The molecule has 0 amide bonds. The van der Waals surface area contributed by atoms with Crippen LogP contribution in [0.15, 0.2) is 36.9 Å². The number of ether oxygens (including phenoxy) is 1. The van der Waals surface area contributed by atoms with Crippen molar-refractivity contribution in [2.45, 2.75) is 38.8 Å². The quantitative estimate of drug-likeness (QED) is 0.633. The van der Waals surface area contributed by atoms with Gasteiger partial charge in [0.05, 0.1) is 0 Å². The van der Waals surface area contributed by atoms with Crippen LogP contribution >= 0.6 is 0 Å². The number of nitrogens with one attached hydrogen (secondary N) is 1. The topological polar surface area (TPSA) is 24.5 Å². The van der Waals surface area contributed by atoms with Crippen LogP contribution in [0.3, 0.4) is 0 Å². The van der Waals surface area contributed by atoms with E-state index in [2.05, 4.69) is 48.0 Å². The van der Waals surface area contributed by atoms with Crippen LogP contribution in [0.25, 0.3) is 0 Å². The van der Waals surface area contributed by atoms with Crippen molar-refractivity contribution in [1.82, 2.24) is 10.2 Å². The lowest BCUT2D eigenvalue weighted by molar-refractivity contribution is 0.223. The van der Waals surface area contributed by atoms with Crippen molar-refractivity contribution in [1.29, 1.82) is 0 Å². The van der Waals surface area contributed by atoms with Crippen LogP contribution in [0.5, 0.6) is 5.75 Å². The van der Waals surface area contributed by atoms with Gasteiger partial charge in [-0.3, -0.25) is 4.90 Å². The van der Waals surface area contributed by atoms with Gasteiger partial charge in [0.15, 0.2) is 0 Å². The molecule has 0 radical (unpaired) electrons. The maximum absolute atomic E-state index is 5.83. The fourth-order valence-electron chi connectivity index (χ4n) is 2.34. The Morgan fingerprint density at radius 1 is 1.29 bits per heavy atom. The molecule has 0 spiro atoms. The monoisotopic (exact) mass is 288 g/mol. The molecule has 1 aromatic rings. The van der Waals surface area contributed by atoms with Gasteiger partial charge in [-0.25, -0.2) is 0 Å². The zero-order chi connectivity index (χ0) is 14.9. The molecular weight excluding hydrogens is 260 g/mol. The molecule has 0 unspecified atom stereocenters. The van der Waals surface area contributed by atoms with Crippen LogP contribution in [-0.2, 0) is 6.54 Å². The molecule has 3 nitrogen and oxygen atoms in total. The first-order chi connectivity index (χ1) is 10.3. The van der Waals surface area contributed by atoms with Crippen LogP contribution in [0.1, 0.15) is 31.7 Å². The van der Waals surface area contributed by atoms with E-state index in [-0.39, 0.29) is 0 Å². The van der Waals surface area contributed by atoms with Gasteiger partial charge in [0.25, 0.3) is 0 Å². The number of benzene rings is 1. The number of nitrogens with zero attached hydrogens (tertiary/aromatic N) is 1. The fraction of sp³-hybridized carbons (Fsp3) is 0.556. The molecule has 0 bridgehead atoms. The summed E-state index contributed by atoms with van der Waals surface area (Å²) in [6.07, 6.45) is 5.79. The van der Waals surface area contributed by atoms with E-state index in [1.165, 1.54) is 18.4 Å². The third-order valence-electron chi connectivity index (χ3n) is 3.70. The molecule has 21 heavy (non-hydrogen) atoms. The van der Waals surface area contributed by atoms with Gasteiger partial charge in [0.2, 0.25) is 0 Å². The average molecular weight is 288 g/mol. The predicted molar refractivity (Wildman–Crippen MR) is 88.7 cm³/mol. The summed E-state index contributed by atoms with van der Waals surface area (Å²) in [7, 11) is 0. The maximum atomic E-state index is 5.83. The Morgan fingerprint density at radius 2 is 2.05 bits per heavy atom. The minimum Gasteiger partial charge on any atom is -0.492 e. The van der Waals surface area contributed by atoms with Gasteiger partial charge in [-0.15, -0.1) is 6.58 Å². The summed E-state index contributed by atoms with van der Waals surface area (Å²) in [6, 6.07) is 9.20. The zero-order valence-electron chi connectivity index (χ0n) is 13.2. The Morgan fingerprint density at radius 3 is 2.67 bits per heavy atom. The predicted octanol–water partition coefficient (Wildman–Crippen LogP) is 3.22. The number of hydrogen-bond acceptors (Lipinski definition) is 3. The second-order valence-corrected chi connectivity index (χ2v) is 5.74. The second-order valence-electron chi connectivity index (χ2n) is 5.74. The molecule has 116 valence electrons. The molecule has 1 N–H and O–H groups in total. The highest BCUT2D eigenvalue weighted by molar-refractivity contribution is 5.27. The van der Waals surface area contributed by atoms with Crippen molar-refractivity contribution < 1.29 is 4.74 Å². The van der Waals surface area contributed by atoms with E-state index in [4.69, 9.17) is 4.74 Å². The lowest BCUT2D eigenvalue weighted by atomic mass is 10.2. The molecule has 0 saturated heterocycles. The first-order valence-electron chi connectivity index (χ1n) is 8.10. The Hall–Kier alpha value is -1.32. The molecule has 0 atom stereocenters. The summed E-state index contributed by atoms with van der Waals surface area (Å²) in [6.45, 7) is 10.7. The average Bonchev–Trinajstić information content (AvgIpc) is 3.31. The largest absolute Gasteiger partial charge is 0.492 e. The molecule has 1 saturated carbocycles. The normalized spacial score (nSPS) is 14.4. The van der Waals surface area contributed by atoms with Crippen LogP contribution in [-0.4, -0.2) is 37.2 Å². The van der Waals surface area contributed by atoms with Gasteiger partial charge < -0.3 is 10.1 Å². The van der Waals surface area contributed by atoms with Gasteiger partial charge in [-0.1, -0.05) is 25.1 Å². The maximum Gasteiger partial charge on any atom is 0.119 e. The van der Waals surface area contributed by atoms with E-state index in [1.54, 1.807) is 0 Å². The van der Waals surface area contributed by atoms with E-state index < -0.39 is 0 Å². The summed E-state index contributed by atoms with van der Waals surface area (Å²) in [5.74, 6) is 0.959. The minimum absolute atomic E-state index is 0.730. The van der Waals surface area contributed by atoms with E-state index >= 15 is 0 Å². The Kier molecular flexibility index (Phi) is 6.77. The second kappa shape index (κ2) is 8.85. The first kappa shape index (κ1) is 16.1. The summed E-state index contributed by atoms with van der Waals surface area (Å²) in [5, 5.41) is 3.52. The molecule has 1 aliphatic rings. The lowest BCUT2D eigenvalue weighted by Gasteiger charge is -2.19. The van der Waals surface area contributed by atoms with Crippen LogP contribution in [0.4, 0.5) is 0 Å². The molecule has 0 aromatic heterocycles. The molecule has 1 aromatic carbocycles. The van der Waals surface area contributed by atoms with E-state index in [0.29, 0.717) is 0 Å². The summed E-state index contributed by atoms with van der Waals surface area (Å²) in [4.78, 5) is 2.36. The standard InChI is InChI=1S/C18H28N2O/c1-3-11-20(12-4-2)13-14-21-18-9-5-16(6-10-18)15-19-17-7-8-17/h3,5-6,9-10,17,19H,1,4,7-8,11-15H2,2H3. The highest BCUT2D eigenvalue weighted by Crippen LogP contribution is 2.19. The van der Waals surface area contributed by atoms with E-state index in [1.807, 2.05) is 6.08 Å². The van der Waals surface area contributed by atoms with Gasteiger partial charge >= 0.3 is 0 Å². The summed E-state index contributed by atoms with van der Waals surface area (Å²) < 4.78 is 5.83. The number of rotatable bonds is 11. The van der Waals surface area contributed by atoms with Gasteiger partial charge in [0, 0.05) is 25.7 Å². The van der Waals surface area contributed by atoms with Crippen molar-refractivity contribution in [3.05, 3.63) is 42.5 Å². The van der Waals surface area contributed by atoms with Crippen LogP contribution < -0.4 is 10.1 Å². The van der Waals surface area contributed by atoms with Crippen molar-refractivity contribution in [2.24, 2.45) is 0 Å². The smallest absolute Gasteiger partial charge is 0.119 e. The molecule has 2 rings (SSSR count). The van der Waals surface area contributed by atoms with Crippen molar-refractivity contribution in [3.8, 4) is 5.75 Å². The molecule has 1 fully saturated rings. The zero-order valence-corrected chi connectivity index (χ0v) is 13.2. The van der Waals surface area contributed by atoms with E-state index in [9.17, 15) is 0 Å². The fourth-order valence-corrected chi connectivity index (χ4v) is 2.34. The third-order valence-corrected chi connectivity index (χ3v) is 3.70. The SMILES string of the molecule is C=CCN(CCC)CCOc1ccc(CNC2CC2)cc1. The van der Waals surface area contributed by atoms with Crippen molar-refractivity contribution in [3.63, 3.8) is 0 Å². The lowest BCUT2D eigenvalue weighted by Crippen LogP contribution is -2.29. The molecule has 0 heterocycles. The highest BCUT2D eigenvalue weighted by Gasteiger charge is 2.19. The van der Waals surface area contributed by atoms with Crippen LogP contribution in [0, 0.1) is 0 Å². The first-order valence-corrected chi connectivity index (χ1v) is 8.10. The summed E-state index contributed by atoms with van der Waals surface area (Å²) >= 11 is 0. The molecule has 0 aliphatic heterocycles. The van der Waals surface area contributed by atoms with Gasteiger partial charge in [-0.2, -0.15) is 0 Å².